The molecule has 0 amide bonds. The standard InChI is InChI=1S/C11H18N2OS/c1-6-11(3,4)13(5)10-12-9(7-15-10)8(2)14/h7H,6H2,1-5H3. The van der Waals surface area contributed by atoms with Crippen molar-refractivity contribution in [3.63, 3.8) is 0 Å². The molecule has 0 radical (unpaired) electrons. The lowest BCUT2D eigenvalue weighted by atomic mass is 10.0. The van der Waals surface area contributed by atoms with Crippen LogP contribution < -0.4 is 4.90 Å². The van der Waals surface area contributed by atoms with Crippen molar-refractivity contribution in [1.82, 2.24) is 4.98 Å². The Labute approximate surface area is 95.1 Å². The highest BCUT2D eigenvalue weighted by Crippen LogP contribution is 2.27. The summed E-state index contributed by atoms with van der Waals surface area (Å²) in [4.78, 5) is 17.6. The van der Waals surface area contributed by atoms with Crippen molar-refractivity contribution in [2.45, 2.75) is 39.7 Å². The van der Waals surface area contributed by atoms with Gasteiger partial charge >= 0.3 is 0 Å². The maximum Gasteiger partial charge on any atom is 0.186 e. The van der Waals surface area contributed by atoms with Crippen LogP contribution in [0.25, 0.3) is 0 Å². The first-order valence-corrected chi connectivity index (χ1v) is 5.96. The normalized spacial score (nSPS) is 11.5. The van der Waals surface area contributed by atoms with Gasteiger partial charge in [-0.1, -0.05) is 6.92 Å². The second-order valence-corrected chi connectivity index (χ2v) is 5.13. The highest BCUT2D eigenvalue weighted by atomic mass is 32.1. The molecule has 15 heavy (non-hydrogen) atoms. The summed E-state index contributed by atoms with van der Waals surface area (Å²) in [5.41, 5.74) is 0.639. The van der Waals surface area contributed by atoms with Gasteiger partial charge in [0.05, 0.1) is 0 Å². The number of nitrogens with zero attached hydrogens (tertiary/aromatic N) is 2. The zero-order chi connectivity index (χ0) is 11.6. The van der Waals surface area contributed by atoms with Crippen LogP contribution in [-0.2, 0) is 0 Å². The van der Waals surface area contributed by atoms with Gasteiger partial charge in [-0.3, -0.25) is 4.79 Å². The third kappa shape index (κ3) is 2.56. The maximum atomic E-state index is 11.1. The van der Waals surface area contributed by atoms with Crippen LogP contribution in [-0.4, -0.2) is 23.4 Å². The smallest absolute Gasteiger partial charge is 0.186 e. The highest BCUT2D eigenvalue weighted by molar-refractivity contribution is 7.13. The molecule has 0 aromatic carbocycles. The van der Waals surface area contributed by atoms with Gasteiger partial charge in [-0.2, -0.15) is 0 Å². The average molecular weight is 226 g/mol. The first-order valence-electron chi connectivity index (χ1n) is 5.08. The first kappa shape index (κ1) is 12.2. The molecule has 0 aliphatic rings. The third-order valence-corrected chi connectivity index (χ3v) is 3.83. The number of hydrogen-bond donors (Lipinski definition) is 0. The van der Waals surface area contributed by atoms with Crippen molar-refractivity contribution in [1.29, 1.82) is 0 Å². The Bertz CT molecular complexity index is 357. The van der Waals surface area contributed by atoms with Crippen molar-refractivity contribution >= 4 is 22.3 Å². The van der Waals surface area contributed by atoms with Crippen molar-refractivity contribution in [2.24, 2.45) is 0 Å². The fourth-order valence-corrected chi connectivity index (χ4v) is 2.07. The lowest BCUT2D eigenvalue weighted by Crippen LogP contribution is -2.40. The Morgan fingerprint density at radius 2 is 2.20 bits per heavy atom. The van der Waals surface area contributed by atoms with Gasteiger partial charge in [0.1, 0.15) is 5.69 Å². The molecule has 0 unspecified atom stereocenters. The molecule has 4 heteroatoms. The number of anilines is 1. The Morgan fingerprint density at radius 3 is 2.60 bits per heavy atom. The molecule has 0 saturated carbocycles. The fourth-order valence-electron chi connectivity index (χ4n) is 1.08. The van der Waals surface area contributed by atoms with E-state index in [0.717, 1.165) is 11.6 Å². The van der Waals surface area contributed by atoms with Gasteiger partial charge in [-0.15, -0.1) is 11.3 Å². The molecule has 0 spiro atoms. The van der Waals surface area contributed by atoms with E-state index in [0.29, 0.717) is 5.69 Å². The fraction of sp³-hybridized carbons (Fsp3) is 0.636. The van der Waals surface area contributed by atoms with Crippen molar-refractivity contribution in [3.05, 3.63) is 11.1 Å². The molecule has 1 rings (SSSR count). The summed E-state index contributed by atoms with van der Waals surface area (Å²) in [5.74, 6) is 0.0280. The van der Waals surface area contributed by atoms with E-state index in [2.05, 4.69) is 30.7 Å². The number of ketones is 1. The maximum absolute atomic E-state index is 11.1. The minimum atomic E-state index is 0.0280. The summed E-state index contributed by atoms with van der Waals surface area (Å²) < 4.78 is 0. The van der Waals surface area contributed by atoms with Gasteiger partial charge in [0.2, 0.25) is 0 Å². The van der Waals surface area contributed by atoms with Gasteiger partial charge in [0.15, 0.2) is 10.9 Å². The summed E-state index contributed by atoms with van der Waals surface area (Å²) >= 11 is 1.52. The Morgan fingerprint density at radius 1 is 1.60 bits per heavy atom. The zero-order valence-corrected chi connectivity index (χ0v) is 10.8. The predicted molar refractivity (Wildman–Crippen MR) is 64.9 cm³/mol. The SMILES string of the molecule is CCC(C)(C)N(C)c1nc(C(C)=O)cs1. The van der Waals surface area contributed by atoms with E-state index < -0.39 is 0 Å². The molecule has 0 N–H and O–H groups in total. The second-order valence-electron chi connectivity index (χ2n) is 4.30. The topological polar surface area (TPSA) is 33.2 Å². The molecule has 0 saturated heterocycles. The van der Waals surface area contributed by atoms with E-state index in [-0.39, 0.29) is 11.3 Å². The molecular formula is C11H18N2OS. The molecule has 84 valence electrons. The number of rotatable bonds is 4. The quantitative estimate of drug-likeness (QED) is 0.740. The van der Waals surface area contributed by atoms with E-state index in [1.807, 2.05) is 12.4 Å². The summed E-state index contributed by atoms with van der Waals surface area (Å²) in [6.07, 6.45) is 1.04. The monoisotopic (exact) mass is 226 g/mol. The van der Waals surface area contributed by atoms with Crippen molar-refractivity contribution < 1.29 is 4.79 Å². The Balaban J connectivity index is 2.92. The van der Waals surface area contributed by atoms with Crippen LogP contribution >= 0.6 is 11.3 Å². The predicted octanol–water partition coefficient (Wildman–Crippen LogP) is 2.97. The minimum absolute atomic E-state index is 0.0280. The van der Waals surface area contributed by atoms with Crippen molar-refractivity contribution in [2.75, 3.05) is 11.9 Å². The average Bonchev–Trinajstić information content (AvgIpc) is 2.65. The number of hydrogen-bond acceptors (Lipinski definition) is 4. The largest absolute Gasteiger partial charge is 0.346 e. The molecule has 0 aliphatic carbocycles. The van der Waals surface area contributed by atoms with Crippen LogP contribution in [0.3, 0.4) is 0 Å². The van der Waals surface area contributed by atoms with Crippen LogP contribution in [0.5, 0.6) is 0 Å². The van der Waals surface area contributed by atoms with E-state index in [4.69, 9.17) is 0 Å². The van der Waals surface area contributed by atoms with Gasteiger partial charge in [0, 0.05) is 24.9 Å². The van der Waals surface area contributed by atoms with Gasteiger partial charge < -0.3 is 4.90 Å². The van der Waals surface area contributed by atoms with Gasteiger partial charge in [-0.05, 0) is 20.3 Å². The summed E-state index contributed by atoms with van der Waals surface area (Å²) in [7, 11) is 2.02. The summed E-state index contributed by atoms with van der Waals surface area (Å²) in [5, 5.41) is 2.73. The van der Waals surface area contributed by atoms with E-state index in [9.17, 15) is 4.79 Å². The molecule has 0 bridgehead atoms. The molecule has 0 atom stereocenters. The van der Waals surface area contributed by atoms with E-state index >= 15 is 0 Å². The van der Waals surface area contributed by atoms with Gasteiger partial charge in [-0.25, -0.2) is 4.98 Å². The number of thiazole rings is 1. The molecule has 0 fully saturated rings. The number of carbonyl (C=O) groups is 1. The zero-order valence-electron chi connectivity index (χ0n) is 10.00. The number of carbonyl (C=O) groups excluding carboxylic acids is 1. The van der Waals surface area contributed by atoms with Crippen LogP contribution in [0.15, 0.2) is 5.38 Å². The van der Waals surface area contributed by atoms with Crippen LogP contribution in [0.2, 0.25) is 0 Å². The molecule has 1 heterocycles. The third-order valence-electron chi connectivity index (χ3n) is 2.91. The van der Waals surface area contributed by atoms with Crippen molar-refractivity contribution in [3.8, 4) is 0 Å². The second kappa shape index (κ2) is 4.31. The number of Topliss-reactive ketones (excluding diaryl/α,β-unsaturated/α-hetero) is 1. The first-order chi connectivity index (χ1) is 6.88. The molecule has 1 aromatic rings. The lowest BCUT2D eigenvalue weighted by molar-refractivity contribution is 0.101. The summed E-state index contributed by atoms with van der Waals surface area (Å²) in [6, 6.07) is 0. The molecule has 1 aromatic heterocycles. The van der Waals surface area contributed by atoms with Crippen LogP contribution in [0.1, 0.15) is 44.6 Å². The van der Waals surface area contributed by atoms with Crippen LogP contribution in [0.4, 0.5) is 5.13 Å². The Kier molecular flexibility index (Phi) is 3.50. The van der Waals surface area contributed by atoms with E-state index in [1.165, 1.54) is 11.3 Å². The molecular weight excluding hydrogens is 208 g/mol. The highest BCUT2D eigenvalue weighted by Gasteiger charge is 2.23. The molecule has 0 aliphatic heterocycles. The Hall–Kier alpha value is -0.900. The minimum Gasteiger partial charge on any atom is -0.346 e. The van der Waals surface area contributed by atoms with Crippen LogP contribution in [0, 0.1) is 0 Å². The van der Waals surface area contributed by atoms with E-state index in [1.54, 1.807) is 6.92 Å². The number of aromatic nitrogens is 1. The summed E-state index contributed by atoms with van der Waals surface area (Å²) in [6.45, 7) is 8.03. The van der Waals surface area contributed by atoms with Gasteiger partial charge in [0.25, 0.3) is 0 Å². The lowest BCUT2D eigenvalue weighted by Gasteiger charge is -2.34. The molecule has 3 nitrogen and oxygen atoms in total.